The van der Waals surface area contributed by atoms with E-state index in [1.165, 1.54) is 6.07 Å². The highest BCUT2D eigenvalue weighted by Gasteiger charge is 2.09. The lowest BCUT2D eigenvalue weighted by Crippen LogP contribution is -1.91. The van der Waals surface area contributed by atoms with Gasteiger partial charge in [0.2, 0.25) is 0 Å². The van der Waals surface area contributed by atoms with E-state index >= 15 is 0 Å². The van der Waals surface area contributed by atoms with E-state index in [0.717, 1.165) is 0 Å². The lowest BCUT2D eigenvalue weighted by Gasteiger charge is -1.95. The van der Waals surface area contributed by atoms with E-state index < -0.39 is 0 Å². The zero-order valence-corrected chi connectivity index (χ0v) is 9.24. The summed E-state index contributed by atoms with van der Waals surface area (Å²) in [6, 6.07) is 6.66. The lowest BCUT2D eigenvalue weighted by atomic mass is 10.2. The quantitative estimate of drug-likeness (QED) is 0.455. The first-order valence-corrected chi connectivity index (χ1v) is 5.16. The van der Waals surface area contributed by atoms with Crippen LogP contribution in [0.3, 0.4) is 0 Å². The smallest absolute Gasteiger partial charge is 0.258 e. The minimum absolute atomic E-state index is 0.171. The monoisotopic (exact) mass is 245 g/mol. The van der Waals surface area contributed by atoms with Crippen molar-refractivity contribution in [1.82, 2.24) is 0 Å². The van der Waals surface area contributed by atoms with Gasteiger partial charge in [0, 0.05) is 17.0 Å². The average molecular weight is 246 g/mol. The second-order valence-electron chi connectivity index (χ2n) is 2.02. The number of nitro benzene ring substituents is 1. The van der Waals surface area contributed by atoms with Gasteiger partial charge in [-0.15, -0.1) is 0 Å². The highest BCUT2D eigenvalue weighted by atomic mass is 79.9. The summed E-state index contributed by atoms with van der Waals surface area (Å²) in [6.45, 7) is 4.00. The van der Waals surface area contributed by atoms with Crippen molar-refractivity contribution in [2.45, 2.75) is 19.2 Å². The van der Waals surface area contributed by atoms with Gasteiger partial charge in [-0.1, -0.05) is 48.0 Å². The Hall–Kier alpha value is -0.900. The summed E-state index contributed by atoms with van der Waals surface area (Å²) >= 11 is 3.17. The number of para-hydroxylation sites is 1. The fourth-order valence-corrected chi connectivity index (χ4v) is 1.28. The SMILES string of the molecule is CC.O=[N+]([O-])c1ccccc1CBr. The zero-order valence-electron chi connectivity index (χ0n) is 7.66. The number of alkyl halides is 1. The third-order valence-electron chi connectivity index (χ3n) is 1.33. The number of benzene rings is 1. The van der Waals surface area contributed by atoms with Crippen molar-refractivity contribution in [2.24, 2.45) is 0 Å². The van der Waals surface area contributed by atoms with Crippen molar-refractivity contribution in [3.63, 3.8) is 0 Å². The summed E-state index contributed by atoms with van der Waals surface area (Å²) < 4.78 is 0. The molecule has 13 heavy (non-hydrogen) atoms. The molecular weight excluding hydrogens is 234 g/mol. The van der Waals surface area contributed by atoms with Crippen molar-refractivity contribution >= 4 is 21.6 Å². The van der Waals surface area contributed by atoms with Gasteiger partial charge < -0.3 is 0 Å². The topological polar surface area (TPSA) is 43.1 Å². The number of nitro groups is 1. The van der Waals surface area contributed by atoms with Crippen LogP contribution in [0.15, 0.2) is 24.3 Å². The van der Waals surface area contributed by atoms with E-state index in [-0.39, 0.29) is 10.6 Å². The molecule has 0 amide bonds. The summed E-state index contributed by atoms with van der Waals surface area (Å²) in [4.78, 5) is 9.99. The molecule has 3 nitrogen and oxygen atoms in total. The molecule has 0 fully saturated rings. The fraction of sp³-hybridized carbons (Fsp3) is 0.333. The van der Waals surface area contributed by atoms with Gasteiger partial charge in [-0.25, -0.2) is 0 Å². The number of rotatable bonds is 2. The first-order chi connectivity index (χ1) is 6.25. The largest absolute Gasteiger partial charge is 0.273 e. The van der Waals surface area contributed by atoms with Gasteiger partial charge in [0.15, 0.2) is 0 Å². The van der Waals surface area contributed by atoms with Crippen LogP contribution in [0, 0.1) is 10.1 Å². The Balaban J connectivity index is 0.000000671. The van der Waals surface area contributed by atoms with E-state index in [9.17, 15) is 10.1 Å². The second kappa shape index (κ2) is 6.60. The Bertz CT molecular complexity index is 276. The van der Waals surface area contributed by atoms with Crippen LogP contribution in [-0.4, -0.2) is 4.92 Å². The predicted octanol–water partition coefficient (Wildman–Crippen LogP) is 3.52. The Morgan fingerprint density at radius 3 is 2.31 bits per heavy atom. The summed E-state index contributed by atoms with van der Waals surface area (Å²) in [6.07, 6.45) is 0. The summed E-state index contributed by atoms with van der Waals surface area (Å²) in [5.74, 6) is 0. The molecule has 0 spiro atoms. The molecule has 0 N–H and O–H groups in total. The third kappa shape index (κ3) is 3.55. The highest BCUT2D eigenvalue weighted by molar-refractivity contribution is 9.08. The van der Waals surface area contributed by atoms with Gasteiger partial charge in [0.05, 0.1) is 4.92 Å². The molecule has 1 aromatic rings. The minimum atomic E-state index is -0.378. The maximum Gasteiger partial charge on any atom is 0.273 e. The predicted molar refractivity (Wildman–Crippen MR) is 57.1 cm³/mol. The molecule has 0 saturated heterocycles. The Labute approximate surface area is 86.1 Å². The zero-order chi connectivity index (χ0) is 10.3. The van der Waals surface area contributed by atoms with E-state index in [4.69, 9.17) is 0 Å². The third-order valence-corrected chi connectivity index (χ3v) is 1.94. The molecule has 0 saturated carbocycles. The Kier molecular flexibility index (Phi) is 6.14. The van der Waals surface area contributed by atoms with Crippen LogP contribution in [0.4, 0.5) is 5.69 Å². The molecule has 0 unspecified atom stereocenters. The van der Waals surface area contributed by atoms with Gasteiger partial charge in [-0.2, -0.15) is 0 Å². The van der Waals surface area contributed by atoms with Crippen LogP contribution in [0.1, 0.15) is 19.4 Å². The molecule has 0 aliphatic carbocycles. The minimum Gasteiger partial charge on any atom is -0.258 e. The Morgan fingerprint density at radius 2 is 1.92 bits per heavy atom. The maximum atomic E-state index is 10.4. The highest BCUT2D eigenvalue weighted by Crippen LogP contribution is 2.19. The molecule has 4 heteroatoms. The normalized spacial score (nSPS) is 8.54. The number of halogens is 1. The maximum absolute atomic E-state index is 10.4. The molecule has 0 aliphatic rings. The summed E-state index contributed by atoms with van der Waals surface area (Å²) in [5.41, 5.74) is 0.877. The van der Waals surface area contributed by atoms with Crippen LogP contribution in [-0.2, 0) is 5.33 Å². The van der Waals surface area contributed by atoms with Gasteiger partial charge in [-0.05, 0) is 0 Å². The molecule has 72 valence electrons. The first-order valence-electron chi connectivity index (χ1n) is 4.04. The second-order valence-corrected chi connectivity index (χ2v) is 2.58. The molecule has 0 aromatic heterocycles. The lowest BCUT2D eigenvalue weighted by molar-refractivity contribution is -0.385. The molecule has 0 bridgehead atoms. The Morgan fingerprint density at radius 1 is 1.38 bits per heavy atom. The van der Waals surface area contributed by atoms with Crippen LogP contribution in [0.25, 0.3) is 0 Å². The molecule has 0 radical (unpaired) electrons. The van der Waals surface area contributed by atoms with Crippen LogP contribution in [0.2, 0.25) is 0 Å². The number of hydrogen-bond donors (Lipinski definition) is 0. The molecule has 1 aromatic carbocycles. The van der Waals surface area contributed by atoms with E-state index in [2.05, 4.69) is 15.9 Å². The van der Waals surface area contributed by atoms with Crippen molar-refractivity contribution in [1.29, 1.82) is 0 Å². The van der Waals surface area contributed by atoms with Gasteiger partial charge in [0.1, 0.15) is 0 Å². The number of hydrogen-bond acceptors (Lipinski definition) is 2. The van der Waals surface area contributed by atoms with E-state index in [1.54, 1.807) is 18.2 Å². The van der Waals surface area contributed by atoms with Crippen LogP contribution >= 0.6 is 15.9 Å². The van der Waals surface area contributed by atoms with Crippen LogP contribution in [0.5, 0.6) is 0 Å². The van der Waals surface area contributed by atoms with Crippen molar-refractivity contribution in [3.05, 3.63) is 39.9 Å². The van der Waals surface area contributed by atoms with Crippen LogP contribution < -0.4 is 0 Å². The van der Waals surface area contributed by atoms with Crippen molar-refractivity contribution in [2.75, 3.05) is 0 Å². The van der Waals surface area contributed by atoms with E-state index in [0.29, 0.717) is 10.9 Å². The van der Waals surface area contributed by atoms with Crippen molar-refractivity contribution < 1.29 is 4.92 Å². The molecular formula is C9H12BrNO2. The fourth-order valence-electron chi connectivity index (χ4n) is 0.802. The molecule has 0 heterocycles. The standard InChI is InChI=1S/C7H6BrNO2.C2H6/c8-5-6-3-1-2-4-7(6)9(10)11;1-2/h1-4H,5H2;1-2H3. The van der Waals surface area contributed by atoms with Gasteiger partial charge >= 0.3 is 0 Å². The van der Waals surface area contributed by atoms with Gasteiger partial charge in [0.25, 0.3) is 5.69 Å². The first kappa shape index (κ1) is 12.1. The van der Waals surface area contributed by atoms with Gasteiger partial charge in [-0.3, -0.25) is 10.1 Å². The summed E-state index contributed by atoms with van der Waals surface area (Å²) in [5, 5.41) is 10.9. The molecule has 0 aliphatic heterocycles. The van der Waals surface area contributed by atoms with E-state index in [1.807, 2.05) is 13.8 Å². The molecule has 0 atom stereocenters. The van der Waals surface area contributed by atoms with Crippen molar-refractivity contribution in [3.8, 4) is 0 Å². The average Bonchev–Trinajstić information content (AvgIpc) is 2.20. The number of nitrogens with zero attached hydrogens (tertiary/aromatic N) is 1. The summed E-state index contributed by atoms with van der Waals surface area (Å²) in [7, 11) is 0. The molecule has 1 rings (SSSR count).